The topological polar surface area (TPSA) is 59.2 Å². The summed E-state index contributed by atoms with van der Waals surface area (Å²) in [5.41, 5.74) is 2.35. The molecular weight excluding hydrogens is 216 g/mol. The lowest BCUT2D eigenvalue weighted by Gasteiger charge is -1.99. The number of nitrogens with zero attached hydrogens (tertiary/aromatic N) is 2. The minimum absolute atomic E-state index is 0.110. The number of benzene rings is 1. The molecule has 0 fully saturated rings. The molecule has 17 heavy (non-hydrogen) atoms. The molecule has 0 aliphatic rings. The number of aliphatic hydroxyl groups is 1. The lowest BCUT2D eigenvalue weighted by Crippen LogP contribution is -1.86. The molecule has 0 aliphatic carbocycles. The normalized spacial score (nSPS) is 10.9. The van der Waals surface area contributed by atoms with Gasteiger partial charge in [-0.25, -0.2) is 4.98 Å². The van der Waals surface area contributed by atoms with Crippen molar-refractivity contribution in [2.75, 3.05) is 0 Å². The number of para-hydroxylation sites is 2. The first-order valence-electron chi connectivity index (χ1n) is 5.28. The maximum absolute atomic E-state index is 8.94. The van der Waals surface area contributed by atoms with Crippen LogP contribution in [0.1, 0.15) is 5.76 Å². The van der Waals surface area contributed by atoms with Crippen LogP contribution in [-0.2, 0) is 6.61 Å². The highest BCUT2D eigenvalue weighted by Crippen LogP contribution is 2.21. The first-order chi connectivity index (χ1) is 8.36. The molecule has 0 saturated heterocycles. The minimum atomic E-state index is -0.110. The molecule has 0 atom stereocenters. The van der Waals surface area contributed by atoms with Crippen molar-refractivity contribution in [2.45, 2.75) is 6.61 Å². The Hall–Kier alpha value is -2.20. The van der Waals surface area contributed by atoms with E-state index in [0.29, 0.717) is 17.2 Å². The van der Waals surface area contributed by atoms with Crippen molar-refractivity contribution in [3.05, 3.63) is 48.4 Å². The third-order valence-corrected chi connectivity index (χ3v) is 2.52. The van der Waals surface area contributed by atoms with Gasteiger partial charge >= 0.3 is 0 Å². The van der Waals surface area contributed by atoms with E-state index in [1.54, 1.807) is 18.3 Å². The second kappa shape index (κ2) is 3.99. The van der Waals surface area contributed by atoms with Crippen molar-refractivity contribution in [2.24, 2.45) is 0 Å². The number of fused-ring (bicyclic) bond motifs is 1. The van der Waals surface area contributed by atoms with Crippen molar-refractivity contribution in [3.63, 3.8) is 0 Å². The molecule has 1 N–H and O–H groups in total. The van der Waals surface area contributed by atoms with E-state index in [-0.39, 0.29) is 6.61 Å². The van der Waals surface area contributed by atoms with E-state index in [4.69, 9.17) is 9.52 Å². The molecule has 4 heteroatoms. The van der Waals surface area contributed by atoms with Crippen LogP contribution in [0.4, 0.5) is 0 Å². The van der Waals surface area contributed by atoms with Gasteiger partial charge in [-0.15, -0.1) is 0 Å². The molecule has 84 valence electrons. The smallest absolute Gasteiger partial charge is 0.154 e. The second-order valence-corrected chi connectivity index (χ2v) is 3.67. The Labute approximate surface area is 97.6 Å². The van der Waals surface area contributed by atoms with Gasteiger partial charge in [-0.2, -0.15) is 0 Å². The Morgan fingerprint density at radius 2 is 1.88 bits per heavy atom. The van der Waals surface area contributed by atoms with Gasteiger partial charge in [0.15, 0.2) is 5.76 Å². The molecule has 0 unspecified atom stereocenters. The molecule has 2 aromatic heterocycles. The van der Waals surface area contributed by atoms with Crippen molar-refractivity contribution < 1.29 is 9.52 Å². The van der Waals surface area contributed by atoms with Crippen LogP contribution in [0.25, 0.3) is 22.5 Å². The zero-order valence-corrected chi connectivity index (χ0v) is 9.00. The summed E-state index contributed by atoms with van der Waals surface area (Å²) < 4.78 is 5.42. The average Bonchev–Trinajstić information content (AvgIpc) is 2.87. The fraction of sp³-hybridized carbons (Fsp3) is 0.0769. The Bertz CT molecular complexity index is 661. The maximum atomic E-state index is 8.94. The number of aromatic nitrogens is 2. The summed E-state index contributed by atoms with van der Waals surface area (Å²) in [6.45, 7) is -0.110. The molecule has 2 heterocycles. The monoisotopic (exact) mass is 226 g/mol. The minimum Gasteiger partial charge on any atom is -0.457 e. The van der Waals surface area contributed by atoms with Crippen LogP contribution in [0.5, 0.6) is 0 Å². The zero-order valence-electron chi connectivity index (χ0n) is 9.00. The molecule has 0 radical (unpaired) electrons. The summed E-state index contributed by atoms with van der Waals surface area (Å²) in [4.78, 5) is 8.76. The maximum Gasteiger partial charge on any atom is 0.154 e. The molecule has 0 saturated carbocycles. The Morgan fingerprint density at radius 1 is 1.06 bits per heavy atom. The fourth-order valence-corrected chi connectivity index (χ4v) is 1.68. The molecule has 0 spiro atoms. The van der Waals surface area contributed by atoms with Crippen LogP contribution in [0.15, 0.2) is 47.0 Å². The van der Waals surface area contributed by atoms with E-state index in [1.807, 2.05) is 24.3 Å². The standard InChI is InChI=1S/C13H10N2O2/c16-8-9-5-6-13(17-9)12-7-14-10-3-1-2-4-11(10)15-12/h1-7,16H,8H2. The van der Waals surface area contributed by atoms with Crippen molar-refractivity contribution in [3.8, 4) is 11.5 Å². The first-order valence-corrected chi connectivity index (χ1v) is 5.28. The Morgan fingerprint density at radius 3 is 2.65 bits per heavy atom. The summed E-state index contributed by atoms with van der Waals surface area (Å²) in [5, 5.41) is 8.94. The zero-order chi connectivity index (χ0) is 11.7. The van der Waals surface area contributed by atoms with E-state index < -0.39 is 0 Å². The lowest BCUT2D eigenvalue weighted by atomic mass is 10.3. The van der Waals surface area contributed by atoms with Gasteiger partial charge < -0.3 is 9.52 Å². The summed E-state index contributed by atoms with van der Waals surface area (Å²) in [6.07, 6.45) is 1.67. The molecule has 1 aromatic carbocycles. The van der Waals surface area contributed by atoms with Crippen molar-refractivity contribution >= 4 is 11.0 Å². The quantitative estimate of drug-likeness (QED) is 0.728. The van der Waals surface area contributed by atoms with Gasteiger partial charge in [0.25, 0.3) is 0 Å². The molecule has 4 nitrogen and oxygen atoms in total. The third kappa shape index (κ3) is 1.79. The average molecular weight is 226 g/mol. The van der Waals surface area contributed by atoms with E-state index in [9.17, 15) is 0 Å². The van der Waals surface area contributed by atoms with Crippen LogP contribution in [0, 0.1) is 0 Å². The van der Waals surface area contributed by atoms with Crippen molar-refractivity contribution in [1.29, 1.82) is 0 Å². The predicted molar refractivity (Wildman–Crippen MR) is 63.2 cm³/mol. The SMILES string of the molecule is OCc1ccc(-c2cnc3ccccc3n2)o1. The Kier molecular flexibility index (Phi) is 2.34. The van der Waals surface area contributed by atoms with Gasteiger partial charge in [-0.1, -0.05) is 12.1 Å². The van der Waals surface area contributed by atoms with E-state index >= 15 is 0 Å². The number of furan rings is 1. The molecule has 3 rings (SSSR count). The summed E-state index contributed by atoms with van der Waals surface area (Å²) in [5.74, 6) is 1.14. The Balaban J connectivity index is 2.11. The van der Waals surface area contributed by atoms with Crippen LogP contribution < -0.4 is 0 Å². The third-order valence-electron chi connectivity index (χ3n) is 2.52. The number of hydrogen-bond donors (Lipinski definition) is 1. The molecule has 0 aliphatic heterocycles. The van der Waals surface area contributed by atoms with Crippen LogP contribution in [0.3, 0.4) is 0 Å². The number of aliphatic hydroxyl groups excluding tert-OH is 1. The van der Waals surface area contributed by atoms with Gasteiger partial charge in [-0.05, 0) is 24.3 Å². The summed E-state index contributed by atoms with van der Waals surface area (Å²) in [6, 6.07) is 11.2. The highest BCUT2D eigenvalue weighted by atomic mass is 16.4. The molecule has 3 aromatic rings. The molecule has 0 bridgehead atoms. The van der Waals surface area contributed by atoms with Gasteiger partial charge in [0, 0.05) is 0 Å². The van der Waals surface area contributed by atoms with Crippen LogP contribution in [-0.4, -0.2) is 15.1 Å². The van der Waals surface area contributed by atoms with Crippen LogP contribution >= 0.6 is 0 Å². The number of rotatable bonds is 2. The lowest BCUT2D eigenvalue weighted by molar-refractivity contribution is 0.248. The summed E-state index contributed by atoms with van der Waals surface area (Å²) >= 11 is 0. The highest BCUT2D eigenvalue weighted by molar-refractivity contribution is 5.76. The molecule has 0 amide bonds. The van der Waals surface area contributed by atoms with E-state index in [1.165, 1.54) is 0 Å². The molecular formula is C13H10N2O2. The van der Waals surface area contributed by atoms with E-state index in [0.717, 1.165) is 11.0 Å². The van der Waals surface area contributed by atoms with Crippen molar-refractivity contribution in [1.82, 2.24) is 9.97 Å². The van der Waals surface area contributed by atoms with Crippen LogP contribution in [0.2, 0.25) is 0 Å². The van der Waals surface area contributed by atoms with E-state index in [2.05, 4.69) is 9.97 Å². The highest BCUT2D eigenvalue weighted by Gasteiger charge is 2.06. The fourth-order valence-electron chi connectivity index (χ4n) is 1.68. The predicted octanol–water partition coefficient (Wildman–Crippen LogP) is 2.38. The summed E-state index contributed by atoms with van der Waals surface area (Å²) in [7, 11) is 0. The van der Waals surface area contributed by atoms with Gasteiger partial charge in [0.2, 0.25) is 0 Å². The van der Waals surface area contributed by atoms with Gasteiger partial charge in [0.05, 0.1) is 17.2 Å². The largest absolute Gasteiger partial charge is 0.457 e. The first kappa shape index (κ1) is 9.99. The number of hydrogen-bond acceptors (Lipinski definition) is 4. The second-order valence-electron chi connectivity index (χ2n) is 3.67. The van der Waals surface area contributed by atoms with Gasteiger partial charge in [-0.3, -0.25) is 4.98 Å². The van der Waals surface area contributed by atoms with Gasteiger partial charge in [0.1, 0.15) is 18.1 Å².